The summed E-state index contributed by atoms with van der Waals surface area (Å²) >= 11 is -0.556. The van der Waals surface area contributed by atoms with E-state index in [2.05, 4.69) is 65.6 Å². The van der Waals surface area contributed by atoms with Crippen molar-refractivity contribution in [2.45, 2.75) is 47.2 Å². The first-order valence-corrected chi connectivity index (χ1v) is 12.9. The molecule has 2 aliphatic rings. The molecule has 5 heteroatoms. The second-order valence-corrected chi connectivity index (χ2v) is 12.7. The van der Waals surface area contributed by atoms with Crippen molar-refractivity contribution < 1.29 is 17.0 Å². The third kappa shape index (κ3) is 5.12. The maximum atomic E-state index is 4.89. The summed E-state index contributed by atoms with van der Waals surface area (Å²) in [6.07, 6.45) is 9.20. The molecule has 0 nitrogen and oxygen atoms in total. The second-order valence-electron chi connectivity index (χ2n) is 6.32. The Bertz CT molecular complexity index is 457. The van der Waals surface area contributed by atoms with Gasteiger partial charge in [0.05, 0.1) is 0 Å². The average molecular weight is 395 g/mol. The van der Waals surface area contributed by atoms with Crippen molar-refractivity contribution in [1.29, 1.82) is 0 Å². The van der Waals surface area contributed by atoms with Crippen LogP contribution in [-0.2, 0) is 17.0 Å². The van der Waals surface area contributed by atoms with Gasteiger partial charge in [0.15, 0.2) is 5.87 Å². The van der Waals surface area contributed by atoms with Gasteiger partial charge < -0.3 is 14.9 Å². The van der Waals surface area contributed by atoms with Gasteiger partial charge in [0.25, 0.3) is 0 Å². The molecule has 1 aliphatic heterocycles. The van der Waals surface area contributed by atoms with Crippen molar-refractivity contribution in [2.24, 2.45) is 0 Å². The fraction of sp³-hybridized carbons (Fsp3) is 0.412. The quantitative estimate of drug-likeness (QED) is 0.255. The zero-order valence-electron chi connectivity index (χ0n) is 15.2. The summed E-state index contributed by atoms with van der Waals surface area (Å²) in [5, 5.41) is 3.40. The molecule has 0 bridgehead atoms. The Morgan fingerprint density at radius 2 is 1.23 bits per heavy atom. The van der Waals surface area contributed by atoms with E-state index in [-0.39, 0.29) is 20.7 Å². The van der Waals surface area contributed by atoms with Crippen LogP contribution >= 0.6 is 26.4 Å². The topological polar surface area (TPSA) is 0 Å². The summed E-state index contributed by atoms with van der Waals surface area (Å²) in [5.41, 5.74) is 3.13. The van der Waals surface area contributed by atoms with Gasteiger partial charge in [-0.25, -0.2) is 0 Å². The van der Waals surface area contributed by atoms with Gasteiger partial charge in [-0.1, -0.05) is 18.0 Å². The van der Waals surface area contributed by atoms with E-state index in [1.807, 2.05) is 0 Å². The van der Waals surface area contributed by atoms with Crippen LogP contribution < -0.4 is 0 Å². The molecule has 0 radical (unpaired) electrons. The van der Waals surface area contributed by atoms with Crippen LogP contribution in [0.25, 0.3) is 0 Å². The third-order valence-electron chi connectivity index (χ3n) is 4.98. The van der Waals surface area contributed by atoms with Gasteiger partial charge in [0.2, 0.25) is 0 Å². The molecular formula is C17H30BCl2PTi-2. The van der Waals surface area contributed by atoms with E-state index in [1.54, 1.807) is 21.8 Å². The fourth-order valence-corrected chi connectivity index (χ4v) is 8.15. The van der Waals surface area contributed by atoms with E-state index in [1.165, 1.54) is 0 Å². The molecule has 126 valence electrons. The molecule has 0 spiro atoms. The molecule has 1 aliphatic carbocycles. The molecule has 0 N–H and O–H groups in total. The van der Waals surface area contributed by atoms with Gasteiger partial charge in [-0.3, -0.25) is 0 Å². The maximum absolute atomic E-state index is 4.89. The summed E-state index contributed by atoms with van der Waals surface area (Å²) in [5.74, 6) is 0.325. The Balaban J connectivity index is 0. The van der Waals surface area contributed by atoms with Crippen molar-refractivity contribution in [2.75, 3.05) is 0 Å². The third-order valence-corrected chi connectivity index (χ3v) is 9.22. The van der Waals surface area contributed by atoms with Crippen molar-refractivity contribution in [3.63, 3.8) is 0 Å². The van der Waals surface area contributed by atoms with Gasteiger partial charge >= 0.3 is 35.6 Å². The molecule has 0 aromatic carbocycles. The number of hydrogen-bond acceptors (Lipinski definition) is 0. The fourth-order valence-electron chi connectivity index (χ4n) is 3.56. The van der Waals surface area contributed by atoms with E-state index < -0.39 is 24.8 Å². The number of hydrogen-bond donors (Lipinski definition) is 0. The first-order valence-electron chi connectivity index (χ1n) is 7.07. The zero-order chi connectivity index (χ0) is 15.5. The van der Waals surface area contributed by atoms with E-state index in [4.69, 9.17) is 18.6 Å². The van der Waals surface area contributed by atoms with Crippen molar-refractivity contribution in [3.05, 3.63) is 60.9 Å². The van der Waals surface area contributed by atoms with Crippen LogP contribution in [0.5, 0.6) is 0 Å². The first-order chi connectivity index (χ1) is 9.28. The predicted octanol–water partition coefficient (Wildman–Crippen LogP) is 7.78. The molecular weight excluding hydrogens is 365 g/mol. The summed E-state index contributed by atoms with van der Waals surface area (Å²) < 4.78 is 0. The Kier molecular flexibility index (Phi) is 12.0. The normalized spacial score (nSPS) is 18.0. The Morgan fingerprint density at radius 1 is 0.909 bits per heavy atom. The van der Waals surface area contributed by atoms with Crippen LogP contribution in [-0.4, -0.2) is 5.87 Å². The predicted molar refractivity (Wildman–Crippen MR) is 109 cm³/mol. The first kappa shape index (κ1) is 25.0. The SMILES string of the molecule is CC1=C(C)[PH+]([B-](C)(C)C2C=CC=C2)C(C)=C1C.[CH3-].[CH3-].[Cl][Ti][Cl]. The monoisotopic (exact) mass is 394 g/mol. The van der Waals surface area contributed by atoms with Gasteiger partial charge in [-0.05, 0) is 38.8 Å². The molecule has 0 unspecified atom stereocenters. The molecule has 0 saturated carbocycles. The van der Waals surface area contributed by atoms with Crippen LogP contribution in [0, 0.1) is 14.9 Å². The van der Waals surface area contributed by atoms with E-state index in [0.717, 1.165) is 0 Å². The average Bonchev–Trinajstić information content (AvgIpc) is 2.97. The minimum atomic E-state index is -0.556. The molecule has 0 aromatic rings. The van der Waals surface area contributed by atoms with Crippen LogP contribution in [0.1, 0.15) is 27.7 Å². The van der Waals surface area contributed by atoms with E-state index >= 15 is 0 Å². The second kappa shape index (κ2) is 10.6. The molecule has 1 heterocycles. The minimum absolute atomic E-state index is 0. The van der Waals surface area contributed by atoms with Gasteiger partial charge in [-0.15, -0.1) is 20.0 Å². The molecule has 22 heavy (non-hydrogen) atoms. The molecule has 0 atom stereocenters. The van der Waals surface area contributed by atoms with Crippen LogP contribution in [0.3, 0.4) is 0 Å². The van der Waals surface area contributed by atoms with Gasteiger partial charge in [0.1, 0.15) is 0 Å². The van der Waals surface area contributed by atoms with Gasteiger partial charge in [0, 0.05) is 10.6 Å². The number of rotatable bonds is 2. The number of allylic oxidation sites excluding steroid dienone is 8. The summed E-state index contributed by atoms with van der Waals surface area (Å²) in [4.78, 5) is 0. The Hall–Kier alpha value is 0.749. The number of halogens is 2. The van der Waals surface area contributed by atoms with E-state index in [0.29, 0.717) is 5.82 Å². The van der Waals surface area contributed by atoms with E-state index in [9.17, 15) is 0 Å². The zero-order valence-corrected chi connectivity index (χ0v) is 19.3. The molecule has 0 saturated heterocycles. The molecule has 0 fully saturated rings. The Labute approximate surface area is 156 Å². The summed E-state index contributed by atoms with van der Waals surface area (Å²) in [6, 6.07) is 0. The molecule has 2 rings (SSSR count). The van der Waals surface area contributed by atoms with Crippen LogP contribution in [0.4, 0.5) is 0 Å². The van der Waals surface area contributed by atoms with Crippen LogP contribution in [0.15, 0.2) is 46.1 Å². The van der Waals surface area contributed by atoms with Crippen molar-refractivity contribution in [3.8, 4) is 0 Å². The molecule has 0 amide bonds. The van der Waals surface area contributed by atoms with Crippen molar-refractivity contribution >= 4 is 32.3 Å². The Morgan fingerprint density at radius 3 is 1.55 bits per heavy atom. The molecule has 0 aromatic heterocycles. The van der Waals surface area contributed by atoms with Gasteiger partial charge in [-0.2, -0.15) is 13.6 Å². The summed E-state index contributed by atoms with van der Waals surface area (Å²) in [6.45, 7) is 14.4. The van der Waals surface area contributed by atoms with Crippen molar-refractivity contribution in [1.82, 2.24) is 0 Å². The van der Waals surface area contributed by atoms with Crippen LogP contribution in [0.2, 0.25) is 19.5 Å². The standard InChI is InChI=1S/C15H24BP.2CH3.2ClH.Ti/c1-11-12(2)14(4)17(13(11)3)16(5,6)15-9-7-8-10-15;;;;;/h7-10,15,17H,1-6H3;2*1H3;2*1H;/q;2*-1;;;+2/p-2. The summed E-state index contributed by atoms with van der Waals surface area (Å²) in [7, 11) is 9.27.